The fourth-order valence-electron chi connectivity index (χ4n) is 1.59. The van der Waals surface area contributed by atoms with E-state index < -0.39 is 11.7 Å². The average Bonchev–Trinajstić information content (AvgIpc) is 2.84. The molecule has 0 bridgehead atoms. The van der Waals surface area contributed by atoms with Gasteiger partial charge in [0.1, 0.15) is 0 Å². The van der Waals surface area contributed by atoms with Crippen molar-refractivity contribution in [2.75, 3.05) is 5.88 Å². The molecule has 0 fully saturated rings. The van der Waals surface area contributed by atoms with Gasteiger partial charge in [-0.1, -0.05) is 5.21 Å². The van der Waals surface area contributed by atoms with E-state index in [2.05, 4.69) is 10.3 Å². The van der Waals surface area contributed by atoms with Crippen LogP contribution < -0.4 is 0 Å². The van der Waals surface area contributed by atoms with Crippen LogP contribution in [0.25, 0.3) is 5.69 Å². The van der Waals surface area contributed by atoms with Crippen molar-refractivity contribution in [2.24, 2.45) is 0 Å². The van der Waals surface area contributed by atoms with Gasteiger partial charge < -0.3 is 0 Å². The van der Waals surface area contributed by atoms with E-state index in [-0.39, 0.29) is 0 Å². The normalized spacial score (nSPS) is 11.8. The van der Waals surface area contributed by atoms with Crippen molar-refractivity contribution < 1.29 is 13.2 Å². The first-order valence-electron chi connectivity index (χ1n) is 5.65. The predicted molar refractivity (Wildman–Crippen MR) is 65.4 cm³/mol. The Morgan fingerprint density at radius 1 is 1.16 bits per heavy atom. The molecule has 0 unspecified atom stereocenters. The van der Waals surface area contributed by atoms with Gasteiger partial charge in [0.15, 0.2) is 0 Å². The van der Waals surface area contributed by atoms with Gasteiger partial charge in [-0.3, -0.25) is 0 Å². The van der Waals surface area contributed by atoms with Crippen molar-refractivity contribution in [1.29, 1.82) is 0 Å². The Bertz CT molecular complexity index is 534. The zero-order valence-electron chi connectivity index (χ0n) is 9.86. The molecular weight excluding hydrogens is 279 g/mol. The minimum atomic E-state index is -4.33. The Morgan fingerprint density at radius 3 is 2.42 bits per heavy atom. The van der Waals surface area contributed by atoms with E-state index in [1.54, 1.807) is 6.20 Å². The van der Waals surface area contributed by atoms with Crippen molar-refractivity contribution in [3.8, 4) is 5.69 Å². The first kappa shape index (κ1) is 13.9. The minimum Gasteiger partial charge on any atom is -0.220 e. The largest absolute Gasteiger partial charge is 0.416 e. The van der Waals surface area contributed by atoms with Gasteiger partial charge in [-0.25, -0.2) is 4.68 Å². The topological polar surface area (TPSA) is 30.7 Å². The summed E-state index contributed by atoms with van der Waals surface area (Å²) in [6, 6.07) is 4.77. The molecule has 2 aromatic rings. The molecule has 0 saturated heterocycles. The van der Waals surface area contributed by atoms with Gasteiger partial charge in [-0.15, -0.1) is 16.7 Å². The number of rotatable bonds is 4. The zero-order valence-corrected chi connectivity index (χ0v) is 10.6. The maximum absolute atomic E-state index is 12.4. The summed E-state index contributed by atoms with van der Waals surface area (Å²) in [5.74, 6) is 0.535. The molecule has 0 aliphatic rings. The summed E-state index contributed by atoms with van der Waals surface area (Å²) in [5.41, 5.74) is 0.622. The summed E-state index contributed by atoms with van der Waals surface area (Å²) in [6.07, 6.45) is -1.15. The van der Waals surface area contributed by atoms with E-state index in [4.69, 9.17) is 11.6 Å². The number of aromatic nitrogens is 3. The summed E-state index contributed by atoms with van der Waals surface area (Å²) in [4.78, 5) is 0. The number of hydrogen-bond acceptors (Lipinski definition) is 2. The van der Waals surface area contributed by atoms with Crippen molar-refractivity contribution in [3.05, 3.63) is 41.7 Å². The summed E-state index contributed by atoms with van der Waals surface area (Å²) in [7, 11) is 0. The van der Waals surface area contributed by atoms with Crippen LogP contribution in [-0.2, 0) is 12.6 Å². The number of halogens is 4. The lowest BCUT2D eigenvalue weighted by atomic mass is 10.2. The number of benzene rings is 1. The van der Waals surface area contributed by atoms with E-state index in [1.165, 1.54) is 16.8 Å². The summed E-state index contributed by atoms with van der Waals surface area (Å²) in [5, 5.41) is 7.81. The van der Waals surface area contributed by atoms with Crippen LogP contribution in [0, 0.1) is 0 Å². The van der Waals surface area contributed by atoms with Crippen molar-refractivity contribution in [2.45, 2.75) is 19.0 Å². The standard InChI is InChI=1S/C12H11ClF3N3/c13-7-1-2-10-8-19(18-17-10)11-5-3-9(4-6-11)12(14,15)16/h3-6,8H,1-2,7H2. The number of hydrogen-bond donors (Lipinski definition) is 0. The van der Waals surface area contributed by atoms with Crippen LogP contribution >= 0.6 is 11.6 Å². The van der Waals surface area contributed by atoms with Crippen LogP contribution in [0.3, 0.4) is 0 Å². The third kappa shape index (κ3) is 3.47. The monoisotopic (exact) mass is 289 g/mol. The fourth-order valence-corrected chi connectivity index (χ4v) is 1.72. The van der Waals surface area contributed by atoms with Crippen LogP contribution in [0.2, 0.25) is 0 Å². The van der Waals surface area contributed by atoms with Gasteiger partial charge in [0.25, 0.3) is 0 Å². The summed E-state index contributed by atoms with van der Waals surface area (Å²) in [6.45, 7) is 0. The highest BCUT2D eigenvalue weighted by Gasteiger charge is 2.30. The molecule has 0 aliphatic heterocycles. The molecular formula is C12H11ClF3N3. The lowest BCUT2D eigenvalue weighted by molar-refractivity contribution is -0.137. The smallest absolute Gasteiger partial charge is 0.220 e. The van der Waals surface area contributed by atoms with E-state index in [1.807, 2.05) is 0 Å². The van der Waals surface area contributed by atoms with Crippen molar-refractivity contribution >= 4 is 11.6 Å². The Labute approximate surface area is 113 Å². The maximum atomic E-state index is 12.4. The third-order valence-corrected chi connectivity index (χ3v) is 2.83. The van der Waals surface area contributed by atoms with Gasteiger partial charge in [-0.2, -0.15) is 13.2 Å². The molecule has 0 saturated carbocycles. The lowest BCUT2D eigenvalue weighted by Crippen LogP contribution is -2.05. The Morgan fingerprint density at radius 2 is 1.84 bits per heavy atom. The molecule has 1 aromatic carbocycles. The molecule has 0 amide bonds. The van der Waals surface area contributed by atoms with Gasteiger partial charge in [0.05, 0.1) is 23.1 Å². The first-order valence-corrected chi connectivity index (χ1v) is 6.19. The summed E-state index contributed by atoms with van der Waals surface area (Å²) < 4.78 is 38.7. The quantitative estimate of drug-likeness (QED) is 0.807. The first-order chi connectivity index (χ1) is 9.00. The SMILES string of the molecule is FC(F)(F)c1ccc(-n2cc(CCCCl)nn2)cc1. The molecule has 1 aromatic heterocycles. The van der Waals surface area contributed by atoms with Crippen LogP contribution in [0.1, 0.15) is 17.7 Å². The summed E-state index contributed by atoms with van der Waals surface area (Å²) >= 11 is 5.57. The second-order valence-corrected chi connectivity index (χ2v) is 4.37. The predicted octanol–water partition coefficient (Wildman–Crippen LogP) is 3.46. The van der Waals surface area contributed by atoms with E-state index in [9.17, 15) is 13.2 Å². The molecule has 0 spiro atoms. The van der Waals surface area contributed by atoms with Gasteiger partial charge in [0.2, 0.25) is 0 Å². The molecule has 1 heterocycles. The van der Waals surface area contributed by atoms with Gasteiger partial charge in [-0.05, 0) is 37.1 Å². The van der Waals surface area contributed by atoms with E-state index in [0.717, 1.165) is 24.2 Å². The average molecular weight is 290 g/mol. The van der Waals surface area contributed by atoms with Crippen LogP contribution in [0.5, 0.6) is 0 Å². The lowest BCUT2D eigenvalue weighted by Gasteiger charge is -2.07. The van der Waals surface area contributed by atoms with Gasteiger partial charge >= 0.3 is 6.18 Å². The number of aryl methyl sites for hydroxylation is 1. The molecule has 102 valence electrons. The molecule has 0 aliphatic carbocycles. The Kier molecular flexibility index (Phi) is 4.09. The second-order valence-electron chi connectivity index (χ2n) is 3.99. The minimum absolute atomic E-state index is 0.535. The fraction of sp³-hybridized carbons (Fsp3) is 0.333. The van der Waals surface area contributed by atoms with Crippen molar-refractivity contribution in [3.63, 3.8) is 0 Å². The molecule has 3 nitrogen and oxygen atoms in total. The van der Waals surface area contributed by atoms with Gasteiger partial charge in [0, 0.05) is 5.88 Å². The van der Waals surface area contributed by atoms with Crippen molar-refractivity contribution in [1.82, 2.24) is 15.0 Å². The van der Waals surface area contributed by atoms with Crippen LogP contribution in [0.15, 0.2) is 30.5 Å². The second kappa shape index (κ2) is 5.61. The Balaban J connectivity index is 2.16. The van der Waals surface area contributed by atoms with E-state index >= 15 is 0 Å². The highest BCUT2D eigenvalue weighted by molar-refractivity contribution is 6.17. The van der Waals surface area contributed by atoms with Crippen LogP contribution in [0.4, 0.5) is 13.2 Å². The Hall–Kier alpha value is -1.56. The molecule has 19 heavy (non-hydrogen) atoms. The highest BCUT2D eigenvalue weighted by Crippen LogP contribution is 2.29. The molecule has 2 rings (SSSR count). The zero-order chi connectivity index (χ0) is 13.9. The van der Waals surface area contributed by atoms with E-state index in [0.29, 0.717) is 18.0 Å². The molecule has 7 heteroatoms. The number of nitrogens with zero attached hydrogens (tertiary/aromatic N) is 3. The number of alkyl halides is 4. The molecule has 0 atom stereocenters. The highest BCUT2D eigenvalue weighted by atomic mass is 35.5. The molecule has 0 radical (unpaired) electrons. The maximum Gasteiger partial charge on any atom is 0.416 e. The third-order valence-electron chi connectivity index (χ3n) is 2.57. The molecule has 0 N–H and O–H groups in total. The van der Waals surface area contributed by atoms with Crippen LogP contribution in [-0.4, -0.2) is 20.9 Å².